The summed E-state index contributed by atoms with van der Waals surface area (Å²) in [6, 6.07) is 10.0. The van der Waals surface area contributed by atoms with E-state index in [4.69, 9.17) is 0 Å². The number of H-pyrrole nitrogens is 2. The number of Topliss-reactive ketones (excluding diaryl/α,β-unsaturated/α-hetero) is 2. The summed E-state index contributed by atoms with van der Waals surface area (Å²) in [6.07, 6.45) is 0. The fourth-order valence-electron chi connectivity index (χ4n) is 4.08. The highest BCUT2D eigenvalue weighted by atomic mass is 16.3. The van der Waals surface area contributed by atoms with Crippen LogP contribution in [0.4, 0.5) is 0 Å². The average molecular weight is 430 g/mol. The molecule has 3 aromatic heterocycles. The fourth-order valence-corrected chi connectivity index (χ4v) is 4.08. The molecule has 32 heavy (non-hydrogen) atoms. The van der Waals surface area contributed by atoms with Gasteiger partial charge in [0.15, 0.2) is 11.2 Å². The Labute approximate surface area is 183 Å². The molecule has 0 saturated heterocycles. The first-order valence-electron chi connectivity index (χ1n) is 10.2. The molecule has 0 aromatic carbocycles. The van der Waals surface area contributed by atoms with E-state index < -0.39 is 22.8 Å². The van der Waals surface area contributed by atoms with E-state index in [0.717, 1.165) is 11.1 Å². The number of ketones is 2. The number of aliphatic hydroxyl groups is 2. The number of aromatic amines is 2. The molecule has 8 nitrogen and oxygen atoms in total. The molecule has 8 bridgehead atoms. The van der Waals surface area contributed by atoms with Gasteiger partial charge in [-0.05, 0) is 75.2 Å². The number of rotatable bonds is 0. The first kappa shape index (κ1) is 20.3. The third-order valence-electron chi connectivity index (χ3n) is 6.13. The fraction of sp³-hybridized carbons (Fsp3) is 0.250. The lowest BCUT2D eigenvalue weighted by atomic mass is 9.97. The van der Waals surface area contributed by atoms with E-state index in [0.29, 0.717) is 22.1 Å². The Bertz CT molecular complexity index is 1490. The van der Waals surface area contributed by atoms with Gasteiger partial charge in [-0.3, -0.25) is 9.59 Å². The monoisotopic (exact) mass is 430 g/mol. The highest BCUT2D eigenvalue weighted by Crippen LogP contribution is 2.31. The molecule has 0 amide bonds. The summed E-state index contributed by atoms with van der Waals surface area (Å²) in [4.78, 5) is 40.8. The van der Waals surface area contributed by atoms with Gasteiger partial charge >= 0.3 is 0 Å². The van der Waals surface area contributed by atoms with Crippen LogP contribution in [0.2, 0.25) is 0 Å². The van der Waals surface area contributed by atoms with Crippen LogP contribution in [-0.4, -0.2) is 41.7 Å². The van der Waals surface area contributed by atoms with Crippen molar-refractivity contribution in [1.29, 1.82) is 0 Å². The Morgan fingerprint density at radius 1 is 0.688 bits per heavy atom. The number of carbonyl (C=O) groups excluding carboxylic acids is 2. The average Bonchev–Trinajstić information content (AvgIpc) is 3.35. The summed E-state index contributed by atoms with van der Waals surface area (Å²) < 4.78 is 0. The van der Waals surface area contributed by atoms with Crippen LogP contribution < -0.4 is 0 Å². The second-order valence-electron chi connectivity index (χ2n) is 8.79. The molecule has 0 radical (unpaired) electrons. The van der Waals surface area contributed by atoms with Gasteiger partial charge in [-0.15, -0.1) is 0 Å². The van der Waals surface area contributed by atoms with Gasteiger partial charge in [0.25, 0.3) is 0 Å². The lowest BCUT2D eigenvalue weighted by molar-refractivity contribution is 0.0419. The summed E-state index contributed by atoms with van der Waals surface area (Å²) >= 11 is 0. The van der Waals surface area contributed by atoms with Crippen molar-refractivity contribution < 1.29 is 19.8 Å². The Morgan fingerprint density at radius 2 is 1.12 bits per heavy atom. The summed E-state index contributed by atoms with van der Waals surface area (Å²) in [5.74, 6) is -0.982. The molecule has 2 aliphatic rings. The quantitative estimate of drug-likeness (QED) is 0.433. The van der Waals surface area contributed by atoms with Crippen LogP contribution in [0, 0.1) is 13.8 Å². The molecular formula is C24H22N4O4. The number of aryl methyl sites for hydroxylation is 2. The van der Waals surface area contributed by atoms with Crippen LogP contribution >= 0.6 is 0 Å². The van der Waals surface area contributed by atoms with Gasteiger partial charge < -0.3 is 20.2 Å². The third kappa shape index (κ3) is 2.91. The molecular weight excluding hydrogens is 408 g/mol. The maximum atomic E-state index is 12.9. The molecule has 3 aromatic rings. The summed E-state index contributed by atoms with van der Waals surface area (Å²) in [7, 11) is 0. The molecule has 162 valence electrons. The Morgan fingerprint density at radius 3 is 1.69 bits per heavy atom. The van der Waals surface area contributed by atoms with Crippen LogP contribution in [0.15, 0.2) is 36.4 Å². The van der Waals surface area contributed by atoms with E-state index in [1.807, 2.05) is 26.0 Å². The summed E-state index contributed by atoms with van der Waals surface area (Å²) in [5, 5.41) is 21.7. The van der Waals surface area contributed by atoms with Crippen molar-refractivity contribution in [2.24, 2.45) is 0 Å². The Kier molecular flexibility index (Phi) is 4.09. The molecule has 8 heteroatoms. The number of fused-ring (bicyclic) bond motifs is 8. The number of nitrogens with one attached hydrogen (secondary N) is 2. The van der Waals surface area contributed by atoms with Gasteiger partial charge in [0, 0.05) is 22.1 Å². The normalized spacial score (nSPS) is 23.1. The second-order valence-corrected chi connectivity index (χ2v) is 8.79. The maximum absolute atomic E-state index is 12.9. The minimum absolute atomic E-state index is 0.132. The van der Waals surface area contributed by atoms with Crippen molar-refractivity contribution in [3.8, 4) is 0 Å². The first-order valence-corrected chi connectivity index (χ1v) is 10.2. The standard InChI is InChI=1S/C24H22N4O4/c1-11-6-14-8-19-23(3,31)21(29)17(27-19)7-13-5-12(2)16(25-13)10-20-24(4,32)22(30)18(28-20)9-15(11)26-14/h5-10,25-26,31-32H,1-4H3. The maximum Gasteiger partial charge on any atom is 0.218 e. The minimum atomic E-state index is -1.76. The van der Waals surface area contributed by atoms with Crippen LogP contribution in [0.25, 0.3) is 22.1 Å². The van der Waals surface area contributed by atoms with Crippen molar-refractivity contribution in [3.63, 3.8) is 0 Å². The zero-order valence-corrected chi connectivity index (χ0v) is 18.1. The predicted molar refractivity (Wildman–Crippen MR) is 118 cm³/mol. The van der Waals surface area contributed by atoms with Gasteiger partial charge in [-0.1, -0.05) is 0 Å². The lowest BCUT2D eigenvalue weighted by Gasteiger charge is -2.12. The lowest BCUT2D eigenvalue weighted by Crippen LogP contribution is -2.27. The van der Waals surface area contributed by atoms with Crippen molar-refractivity contribution >= 4 is 33.6 Å². The zero-order valence-electron chi connectivity index (χ0n) is 18.1. The van der Waals surface area contributed by atoms with E-state index in [1.165, 1.54) is 13.8 Å². The third-order valence-corrected chi connectivity index (χ3v) is 6.13. The van der Waals surface area contributed by atoms with E-state index in [-0.39, 0.29) is 22.8 Å². The highest BCUT2D eigenvalue weighted by molar-refractivity contribution is 6.04. The number of carbonyl (C=O) groups is 2. The number of aromatic nitrogens is 4. The number of hydrogen-bond acceptors (Lipinski definition) is 6. The van der Waals surface area contributed by atoms with Crippen molar-refractivity contribution in [1.82, 2.24) is 19.9 Å². The minimum Gasteiger partial charge on any atom is -0.376 e. The molecule has 5 rings (SSSR count). The molecule has 5 heterocycles. The van der Waals surface area contributed by atoms with Crippen LogP contribution in [0.1, 0.15) is 57.3 Å². The summed E-state index contributed by atoms with van der Waals surface area (Å²) in [5.41, 5.74) is 1.34. The number of nitrogens with zero attached hydrogens (tertiary/aromatic N) is 2. The molecule has 2 unspecified atom stereocenters. The molecule has 0 saturated carbocycles. The molecule has 0 aliphatic carbocycles. The van der Waals surface area contributed by atoms with E-state index in [1.54, 1.807) is 24.3 Å². The van der Waals surface area contributed by atoms with Crippen molar-refractivity contribution in [2.75, 3.05) is 0 Å². The van der Waals surface area contributed by atoms with Crippen LogP contribution in [0.3, 0.4) is 0 Å². The van der Waals surface area contributed by atoms with Crippen molar-refractivity contribution in [3.05, 3.63) is 70.3 Å². The van der Waals surface area contributed by atoms with Gasteiger partial charge in [0.05, 0.1) is 11.4 Å². The first-order chi connectivity index (χ1) is 15.0. The molecule has 2 atom stereocenters. The largest absolute Gasteiger partial charge is 0.376 e. The topological polar surface area (TPSA) is 132 Å². The molecule has 4 N–H and O–H groups in total. The zero-order chi connectivity index (χ0) is 23.0. The van der Waals surface area contributed by atoms with Gasteiger partial charge in [0.2, 0.25) is 11.6 Å². The van der Waals surface area contributed by atoms with Gasteiger partial charge in [-0.25, -0.2) is 9.97 Å². The highest BCUT2D eigenvalue weighted by Gasteiger charge is 2.41. The Hall–Kier alpha value is -3.62. The smallest absolute Gasteiger partial charge is 0.218 e. The molecule has 0 fully saturated rings. The van der Waals surface area contributed by atoms with E-state index in [9.17, 15) is 19.8 Å². The van der Waals surface area contributed by atoms with Gasteiger partial charge in [-0.2, -0.15) is 0 Å². The predicted octanol–water partition coefficient (Wildman–Crippen LogP) is 3.11. The van der Waals surface area contributed by atoms with Crippen LogP contribution in [0.5, 0.6) is 0 Å². The Balaban J connectivity index is 1.94. The van der Waals surface area contributed by atoms with E-state index >= 15 is 0 Å². The summed E-state index contributed by atoms with van der Waals surface area (Å²) in [6.45, 7) is 6.57. The number of hydrogen-bond donors (Lipinski definition) is 4. The molecule has 0 spiro atoms. The molecule has 2 aliphatic heterocycles. The van der Waals surface area contributed by atoms with Gasteiger partial charge in [0.1, 0.15) is 11.4 Å². The van der Waals surface area contributed by atoms with E-state index in [2.05, 4.69) is 19.9 Å². The second kappa shape index (κ2) is 6.44. The van der Waals surface area contributed by atoms with Crippen molar-refractivity contribution in [2.45, 2.75) is 38.9 Å². The SMILES string of the molecule is Cc1cc2cc3nc(cc4cc(C)c(cc5nc(cc1[nH]2)C(=O)C5(C)O)[nH]4)C(=O)C3(C)O. The van der Waals surface area contributed by atoms with Crippen LogP contribution in [-0.2, 0) is 11.2 Å².